The van der Waals surface area contributed by atoms with Crippen LogP contribution in [0.15, 0.2) is 48.7 Å². The molecule has 0 bridgehead atoms. The SMILES string of the molecule is O=C(CCCC(=O)N(C1CCCCC1)C(C(=O)NC1CCCCC1)c1ccc(F)cc1)Nc1ccccn1. The molecule has 1 unspecified atom stereocenters. The van der Waals surface area contributed by atoms with Gasteiger partial charge in [-0.15, -0.1) is 0 Å². The number of hydrogen-bond acceptors (Lipinski definition) is 4. The minimum atomic E-state index is -0.824. The second-order valence-corrected chi connectivity index (χ2v) is 10.5. The van der Waals surface area contributed by atoms with E-state index in [1.807, 2.05) is 0 Å². The number of pyridine rings is 1. The van der Waals surface area contributed by atoms with E-state index in [0.29, 0.717) is 17.8 Å². The van der Waals surface area contributed by atoms with Crippen molar-refractivity contribution >= 4 is 23.5 Å². The largest absolute Gasteiger partial charge is 0.351 e. The van der Waals surface area contributed by atoms with E-state index in [9.17, 15) is 18.8 Å². The fraction of sp³-hybridized carbons (Fsp3) is 0.533. The molecule has 7 nitrogen and oxygen atoms in total. The minimum absolute atomic E-state index is 0.0641. The molecule has 0 saturated heterocycles. The fourth-order valence-electron chi connectivity index (χ4n) is 5.70. The summed E-state index contributed by atoms with van der Waals surface area (Å²) in [6.45, 7) is 0. The standard InChI is InChI=1S/C30H39FN4O3/c31-23-19-17-22(18-20-23)29(30(38)33-24-10-3-1-4-11-24)35(25-12-5-2-6-13-25)28(37)16-9-15-27(36)34-26-14-7-8-21-32-26/h7-8,14,17-21,24-25,29H,1-6,9-13,15-16H2,(H,33,38)(H,32,34,36). The van der Waals surface area contributed by atoms with Gasteiger partial charge in [-0.1, -0.05) is 56.7 Å². The summed E-state index contributed by atoms with van der Waals surface area (Å²) >= 11 is 0. The number of rotatable bonds is 10. The van der Waals surface area contributed by atoms with Crippen LogP contribution in [0.5, 0.6) is 0 Å². The van der Waals surface area contributed by atoms with Crippen LogP contribution in [0.1, 0.15) is 95.1 Å². The van der Waals surface area contributed by atoms with Crippen LogP contribution in [0.3, 0.4) is 0 Å². The number of carbonyl (C=O) groups is 3. The van der Waals surface area contributed by atoms with Crippen LogP contribution < -0.4 is 10.6 Å². The van der Waals surface area contributed by atoms with Gasteiger partial charge in [0.1, 0.15) is 17.7 Å². The van der Waals surface area contributed by atoms with Crippen molar-refractivity contribution in [1.29, 1.82) is 0 Å². The number of hydrogen-bond donors (Lipinski definition) is 2. The van der Waals surface area contributed by atoms with Crippen molar-refractivity contribution in [2.24, 2.45) is 0 Å². The first-order valence-electron chi connectivity index (χ1n) is 14.1. The van der Waals surface area contributed by atoms with Crippen molar-refractivity contribution in [2.45, 2.75) is 102 Å². The molecule has 38 heavy (non-hydrogen) atoms. The van der Waals surface area contributed by atoms with E-state index in [2.05, 4.69) is 15.6 Å². The third kappa shape index (κ3) is 7.85. The van der Waals surface area contributed by atoms with Crippen LogP contribution in [0, 0.1) is 5.82 Å². The van der Waals surface area contributed by atoms with Gasteiger partial charge in [-0.05, 0) is 61.9 Å². The molecule has 2 fully saturated rings. The van der Waals surface area contributed by atoms with Crippen molar-refractivity contribution in [3.8, 4) is 0 Å². The summed E-state index contributed by atoms with van der Waals surface area (Å²) in [5, 5.41) is 5.96. The predicted molar refractivity (Wildman–Crippen MR) is 145 cm³/mol. The van der Waals surface area contributed by atoms with Gasteiger partial charge in [-0.3, -0.25) is 14.4 Å². The lowest BCUT2D eigenvalue weighted by atomic mass is 9.90. The van der Waals surface area contributed by atoms with E-state index in [0.717, 1.165) is 57.8 Å². The Balaban J connectivity index is 1.50. The normalized spacial score (nSPS) is 17.4. The molecule has 0 aliphatic heterocycles. The van der Waals surface area contributed by atoms with Crippen LogP contribution in [-0.2, 0) is 14.4 Å². The highest BCUT2D eigenvalue weighted by atomic mass is 19.1. The van der Waals surface area contributed by atoms with Crippen molar-refractivity contribution in [1.82, 2.24) is 15.2 Å². The van der Waals surface area contributed by atoms with Gasteiger partial charge in [0.05, 0.1) is 0 Å². The lowest BCUT2D eigenvalue weighted by molar-refractivity contribution is -0.145. The Kier molecular flexibility index (Phi) is 10.2. The molecule has 1 atom stereocenters. The maximum atomic E-state index is 13.8. The number of nitrogens with zero attached hydrogens (tertiary/aromatic N) is 2. The monoisotopic (exact) mass is 522 g/mol. The van der Waals surface area contributed by atoms with Crippen molar-refractivity contribution < 1.29 is 18.8 Å². The topological polar surface area (TPSA) is 91.4 Å². The van der Waals surface area contributed by atoms with Crippen molar-refractivity contribution in [3.05, 3.63) is 60.0 Å². The zero-order valence-corrected chi connectivity index (χ0v) is 22.0. The summed E-state index contributed by atoms with van der Waals surface area (Å²) in [5.41, 5.74) is 0.617. The molecule has 0 spiro atoms. The molecule has 2 aliphatic rings. The molecule has 1 heterocycles. The van der Waals surface area contributed by atoms with Gasteiger partial charge in [0.25, 0.3) is 0 Å². The quantitative estimate of drug-likeness (QED) is 0.420. The second-order valence-electron chi connectivity index (χ2n) is 10.5. The molecule has 2 aliphatic carbocycles. The maximum Gasteiger partial charge on any atom is 0.247 e. The zero-order valence-electron chi connectivity index (χ0n) is 22.0. The zero-order chi connectivity index (χ0) is 26.7. The molecule has 204 valence electrons. The predicted octanol–water partition coefficient (Wildman–Crippen LogP) is 5.68. The van der Waals surface area contributed by atoms with E-state index in [1.165, 1.54) is 18.6 Å². The van der Waals surface area contributed by atoms with E-state index in [-0.39, 0.29) is 48.5 Å². The lowest BCUT2D eigenvalue weighted by Crippen LogP contribution is -2.51. The Bertz CT molecular complexity index is 1050. The lowest BCUT2D eigenvalue weighted by Gasteiger charge is -2.40. The highest BCUT2D eigenvalue weighted by Crippen LogP contribution is 2.32. The molecule has 1 aromatic carbocycles. The van der Waals surface area contributed by atoms with Crippen LogP contribution in [0.2, 0.25) is 0 Å². The first-order valence-corrected chi connectivity index (χ1v) is 14.1. The highest BCUT2D eigenvalue weighted by molar-refractivity contribution is 5.91. The third-order valence-electron chi connectivity index (χ3n) is 7.65. The molecular formula is C30H39FN4O3. The Labute approximate surface area is 224 Å². The molecule has 2 N–H and O–H groups in total. The van der Waals surface area contributed by atoms with E-state index >= 15 is 0 Å². The Morgan fingerprint density at radius 1 is 0.895 bits per heavy atom. The van der Waals surface area contributed by atoms with Crippen LogP contribution in [0.4, 0.5) is 10.2 Å². The van der Waals surface area contributed by atoms with Gasteiger partial charge in [-0.25, -0.2) is 9.37 Å². The van der Waals surface area contributed by atoms with Crippen LogP contribution >= 0.6 is 0 Å². The molecule has 3 amide bonds. The van der Waals surface area contributed by atoms with Crippen molar-refractivity contribution in [3.63, 3.8) is 0 Å². The van der Waals surface area contributed by atoms with E-state index in [1.54, 1.807) is 41.4 Å². The number of nitrogens with one attached hydrogen (secondary N) is 2. The molecule has 8 heteroatoms. The summed E-state index contributed by atoms with van der Waals surface area (Å²) < 4.78 is 13.8. The van der Waals surface area contributed by atoms with Crippen molar-refractivity contribution in [2.75, 3.05) is 5.32 Å². The first kappa shape index (κ1) is 27.7. The van der Waals surface area contributed by atoms with Crippen LogP contribution in [-0.4, -0.2) is 39.7 Å². The first-order chi connectivity index (χ1) is 18.5. The Hall–Kier alpha value is -3.29. The minimum Gasteiger partial charge on any atom is -0.351 e. The number of aromatic nitrogens is 1. The Morgan fingerprint density at radius 3 is 2.24 bits per heavy atom. The third-order valence-corrected chi connectivity index (χ3v) is 7.65. The maximum absolute atomic E-state index is 13.8. The average molecular weight is 523 g/mol. The van der Waals surface area contributed by atoms with Gasteiger partial charge in [0.15, 0.2) is 0 Å². The second kappa shape index (κ2) is 14.0. The van der Waals surface area contributed by atoms with Gasteiger partial charge in [-0.2, -0.15) is 0 Å². The molecule has 0 radical (unpaired) electrons. The summed E-state index contributed by atoms with van der Waals surface area (Å²) in [5.74, 6) is -0.449. The fourth-order valence-corrected chi connectivity index (χ4v) is 5.70. The molecule has 2 aromatic rings. The van der Waals surface area contributed by atoms with Gasteiger partial charge in [0, 0.05) is 31.1 Å². The van der Waals surface area contributed by atoms with Crippen LogP contribution in [0.25, 0.3) is 0 Å². The Morgan fingerprint density at radius 2 is 1.58 bits per heavy atom. The van der Waals surface area contributed by atoms with Gasteiger partial charge >= 0.3 is 0 Å². The van der Waals surface area contributed by atoms with E-state index < -0.39 is 6.04 Å². The number of amides is 3. The van der Waals surface area contributed by atoms with E-state index in [4.69, 9.17) is 0 Å². The molecular weight excluding hydrogens is 483 g/mol. The molecule has 1 aromatic heterocycles. The summed E-state index contributed by atoms with van der Waals surface area (Å²) in [4.78, 5) is 45.9. The number of anilines is 1. The van der Waals surface area contributed by atoms with Gasteiger partial charge in [0.2, 0.25) is 17.7 Å². The highest BCUT2D eigenvalue weighted by Gasteiger charge is 2.37. The number of benzene rings is 1. The number of carbonyl (C=O) groups excluding carboxylic acids is 3. The smallest absolute Gasteiger partial charge is 0.247 e. The number of halogens is 1. The summed E-state index contributed by atoms with van der Waals surface area (Å²) in [6.07, 6.45) is 12.3. The average Bonchev–Trinajstić information content (AvgIpc) is 2.94. The summed E-state index contributed by atoms with van der Waals surface area (Å²) in [7, 11) is 0. The molecule has 4 rings (SSSR count). The summed E-state index contributed by atoms with van der Waals surface area (Å²) in [6, 6.07) is 10.4. The molecule has 2 saturated carbocycles. The van der Waals surface area contributed by atoms with Gasteiger partial charge < -0.3 is 15.5 Å².